The fourth-order valence-electron chi connectivity index (χ4n) is 5.11. The van der Waals surface area contributed by atoms with Crippen LogP contribution in [-0.2, 0) is 36.7 Å². The first-order valence-corrected chi connectivity index (χ1v) is 16.9. The van der Waals surface area contributed by atoms with Crippen molar-refractivity contribution in [1.29, 1.82) is 0 Å². The number of nitrogen functional groups attached to an aromatic ring is 1. The molecule has 50 heavy (non-hydrogen) atoms. The van der Waals surface area contributed by atoms with Crippen LogP contribution >= 0.6 is 15.6 Å². The maximum Gasteiger partial charge on any atom is 0.398 e. The number of H-pyrrole nitrogens is 1. The molecular weight excluding hydrogens is 731 g/mol. The smallest absolute Gasteiger partial charge is 0.398 e. The van der Waals surface area contributed by atoms with Gasteiger partial charge in [0.25, 0.3) is 21.2 Å². The number of ether oxygens (including phenoxy) is 2. The molecule has 4 unspecified atom stereocenters. The summed E-state index contributed by atoms with van der Waals surface area (Å²) in [6, 6.07) is 0.890. The number of aliphatic hydroxyl groups is 2. The first-order chi connectivity index (χ1) is 23.4. The maximum absolute atomic E-state index is 14.7. The van der Waals surface area contributed by atoms with Gasteiger partial charge < -0.3 is 58.1 Å². The third kappa shape index (κ3) is 8.12. The van der Waals surface area contributed by atoms with E-state index in [1.165, 1.54) is 0 Å². The largest absolute Gasteiger partial charge is 0.756 e. The lowest BCUT2D eigenvalue weighted by atomic mass is 9.99. The molecule has 27 heteroatoms. The SMILES string of the molecule is [C-]#[N+]CCOP(=O)([O-])OC[C@H]1O[C@@H](n2cnc3c(N)ncnc32)[C@@H](C(F)(F)F)C1OP(=O)([O-])OC[C@H]1O[C@@H](n2ccc(=O)[nH]c2=O)[C@@H](O)C1O. The Kier molecular flexibility index (Phi) is 10.9. The Balaban J connectivity index is 1.39. The molecule has 3 aromatic heterocycles. The molecule has 0 saturated carbocycles. The molecule has 0 aromatic carbocycles. The quantitative estimate of drug-likeness (QED) is 0.0828. The van der Waals surface area contributed by atoms with Crippen molar-refractivity contribution >= 4 is 32.6 Å². The normalized spacial score (nSPS) is 29.5. The molecule has 0 radical (unpaired) electrons. The van der Waals surface area contributed by atoms with Crippen LogP contribution in [0.4, 0.5) is 19.0 Å². The number of aromatic amines is 1. The van der Waals surface area contributed by atoms with Gasteiger partial charge in [-0.3, -0.25) is 28.0 Å². The molecule has 2 aliphatic rings. The Labute approximate surface area is 276 Å². The zero-order chi connectivity index (χ0) is 36.6. The highest BCUT2D eigenvalue weighted by atomic mass is 31.2. The standard InChI is InChI=1S/C23H27F3N8O14P2/c1-28-3-5-43-49(39,40)44-7-11-17(13(23(24,25)26)20(47-11)34-9-31-14-18(27)29-8-30-19(14)34)48-50(41,42)45-6-10-15(36)16(37)21(46-10)33-4-2-12(35)32-22(33)38/h2,4,8-11,13,15-17,20-21,36-37H,3,5-7H2,(H,39,40)(H,41,42)(H2,27,29,30)(H,32,35,38)/p-2/t10-,11-,13+,15?,16+,17?,20-,21-/m1/s1. The average Bonchev–Trinajstić information content (AvgIpc) is 3.69. The first-order valence-electron chi connectivity index (χ1n) is 14.0. The second-order valence-electron chi connectivity index (χ2n) is 10.6. The Morgan fingerprint density at radius 1 is 1.02 bits per heavy atom. The Morgan fingerprint density at radius 3 is 2.38 bits per heavy atom. The number of rotatable bonds is 13. The minimum Gasteiger partial charge on any atom is -0.756 e. The lowest BCUT2D eigenvalue weighted by molar-refractivity contribution is -0.246. The zero-order valence-corrected chi connectivity index (χ0v) is 26.6. The van der Waals surface area contributed by atoms with Crippen molar-refractivity contribution in [3.8, 4) is 0 Å². The molecule has 5 heterocycles. The number of aliphatic hydroxyl groups excluding tert-OH is 2. The summed E-state index contributed by atoms with van der Waals surface area (Å²) in [4.78, 5) is 64.9. The lowest BCUT2D eigenvalue weighted by Crippen LogP contribution is -2.41. The second kappa shape index (κ2) is 14.5. The van der Waals surface area contributed by atoms with Crippen LogP contribution in [0, 0.1) is 12.5 Å². The van der Waals surface area contributed by atoms with Crippen LogP contribution in [0.2, 0.25) is 0 Å². The van der Waals surface area contributed by atoms with Crippen LogP contribution in [0.3, 0.4) is 0 Å². The topological polar surface area (TPSA) is 305 Å². The summed E-state index contributed by atoms with van der Waals surface area (Å²) >= 11 is 0. The van der Waals surface area contributed by atoms with Gasteiger partial charge in [0, 0.05) is 12.3 Å². The molecule has 2 saturated heterocycles. The monoisotopic (exact) mass is 756 g/mol. The molecule has 0 bridgehead atoms. The number of imidazole rings is 1. The predicted octanol–water partition coefficient (Wildman–Crippen LogP) is -2.06. The molecule has 0 spiro atoms. The van der Waals surface area contributed by atoms with E-state index in [4.69, 9.17) is 30.8 Å². The highest BCUT2D eigenvalue weighted by Crippen LogP contribution is 2.53. The van der Waals surface area contributed by atoms with Gasteiger partial charge in [0.2, 0.25) is 6.54 Å². The van der Waals surface area contributed by atoms with E-state index >= 15 is 0 Å². The number of phosphoric acid groups is 2. The highest BCUT2D eigenvalue weighted by Gasteiger charge is 2.60. The van der Waals surface area contributed by atoms with Crippen LogP contribution in [0.5, 0.6) is 0 Å². The lowest BCUT2D eigenvalue weighted by Gasteiger charge is -2.33. The van der Waals surface area contributed by atoms with Crippen molar-refractivity contribution < 1.29 is 69.9 Å². The number of fused-ring (bicyclic) bond motifs is 1. The van der Waals surface area contributed by atoms with Crippen molar-refractivity contribution in [2.24, 2.45) is 5.92 Å². The van der Waals surface area contributed by atoms with E-state index in [1.807, 2.05) is 4.98 Å². The first kappa shape index (κ1) is 37.6. The van der Waals surface area contributed by atoms with Crippen LogP contribution < -0.4 is 26.8 Å². The maximum atomic E-state index is 14.7. The van der Waals surface area contributed by atoms with Gasteiger partial charge in [-0.2, -0.15) is 13.2 Å². The van der Waals surface area contributed by atoms with Gasteiger partial charge in [-0.25, -0.2) is 26.3 Å². The highest BCUT2D eigenvalue weighted by molar-refractivity contribution is 7.46. The van der Waals surface area contributed by atoms with Gasteiger partial charge in [0.05, 0.1) is 19.5 Å². The molecule has 3 aromatic rings. The summed E-state index contributed by atoms with van der Waals surface area (Å²) in [5, 5.41) is 20.8. The summed E-state index contributed by atoms with van der Waals surface area (Å²) in [6.07, 6.45) is -16.8. The molecule has 10 atom stereocenters. The number of nitrogens with two attached hydrogens (primary N) is 1. The van der Waals surface area contributed by atoms with E-state index < -0.39 is 108 Å². The zero-order valence-electron chi connectivity index (χ0n) is 24.8. The summed E-state index contributed by atoms with van der Waals surface area (Å²) in [6.45, 7) is 3.17. The van der Waals surface area contributed by atoms with Gasteiger partial charge in [0.1, 0.15) is 54.9 Å². The van der Waals surface area contributed by atoms with Gasteiger partial charge in [0.15, 0.2) is 23.9 Å². The van der Waals surface area contributed by atoms with Crippen molar-refractivity contribution in [2.45, 2.75) is 49.2 Å². The van der Waals surface area contributed by atoms with E-state index in [0.717, 1.165) is 29.5 Å². The molecule has 5 rings (SSSR count). The van der Waals surface area contributed by atoms with Gasteiger partial charge in [-0.1, -0.05) is 0 Å². The van der Waals surface area contributed by atoms with Crippen molar-refractivity contribution in [3.63, 3.8) is 0 Å². The molecule has 2 fully saturated rings. The number of nitrogens with one attached hydrogen (secondary N) is 1. The molecule has 5 N–H and O–H groups in total. The minimum atomic E-state index is -5.89. The number of nitrogens with zero attached hydrogens (tertiary/aromatic N) is 6. The van der Waals surface area contributed by atoms with E-state index in [0.29, 0.717) is 4.57 Å². The van der Waals surface area contributed by atoms with Crippen LogP contribution in [0.15, 0.2) is 34.5 Å². The molecule has 274 valence electrons. The van der Waals surface area contributed by atoms with E-state index in [9.17, 15) is 51.9 Å². The van der Waals surface area contributed by atoms with Crippen molar-refractivity contribution in [2.75, 3.05) is 32.1 Å². The third-order valence-electron chi connectivity index (χ3n) is 7.34. The summed E-state index contributed by atoms with van der Waals surface area (Å²) in [5.74, 6) is -3.13. The van der Waals surface area contributed by atoms with Crippen LogP contribution in [0.1, 0.15) is 12.5 Å². The molecule has 2 aliphatic heterocycles. The number of anilines is 1. The van der Waals surface area contributed by atoms with E-state index in [-0.39, 0.29) is 17.0 Å². The van der Waals surface area contributed by atoms with E-state index in [2.05, 4.69) is 28.8 Å². The fourth-order valence-corrected chi connectivity index (χ4v) is 6.78. The molecular formula is C23H25F3N8O14P2-2. The summed E-state index contributed by atoms with van der Waals surface area (Å²) < 4.78 is 100. The van der Waals surface area contributed by atoms with Crippen molar-refractivity contribution in [3.05, 3.63) is 57.2 Å². The fraction of sp³-hybridized carbons (Fsp3) is 0.565. The molecule has 22 nitrogen and oxygen atoms in total. The number of hydrogen-bond donors (Lipinski definition) is 4. The number of hydrogen-bond acceptors (Lipinski definition) is 18. The van der Waals surface area contributed by atoms with Crippen LogP contribution in [0.25, 0.3) is 16.0 Å². The predicted molar refractivity (Wildman–Crippen MR) is 150 cm³/mol. The number of aromatic nitrogens is 6. The van der Waals surface area contributed by atoms with Crippen LogP contribution in [-0.4, -0.2) is 102 Å². The van der Waals surface area contributed by atoms with E-state index in [1.54, 1.807) is 0 Å². The molecule has 0 aliphatic carbocycles. The Hall–Kier alpha value is -3.63. The second-order valence-corrected chi connectivity index (χ2v) is 13.3. The Bertz CT molecular complexity index is 1950. The number of phosphoric ester groups is 2. The molecule has 0 amide bonds. The average molecular weight is 756 g/mol. The van der Waals surface area contributed by atoms with Crippen molar-refractivity contribution in [1.82, 2.24) is 29.1 Å². The number of alkyl halides is 3. The summed E-state index contributed by atoms with van der Waals surface area (Å²) in [7, 11) is -11.2. The van der Waals surface area contributed by atoms with Gasteiger partial charge in [-0.15, -0.1) is 0 Å². The number of halogens is 3. The Morgan fingerprint density at radius 2 is 1.70 bits per heavy atom. The third-order valence-corrected chi connectivity index (χ3v) is 9.27. The summed E-state index contributed by atoms with van der Waals surface area (Å²) in [5.41, 5.74) is 3.44. The minimum absolute atomic E-state index is 0.149. The van der Waals surface area contributed by atoms with Gasteiger partial charge >= 0.3 is 11.9 Å². The van der Waals surface area contributed by atoms with Gasteiger partial charge in [-0.05, 0) is 0 Å².